The monoisotopic (exact) mass is 614 g/mol. The van der Waals surface area contributed by atoms with Crippen LogP contribution in [0.15, 0.2) is 72.8 Å². The summed E-state index contributed by atoms with van der Waals surface area (Å²) in [6.45, 7) is 5.87. The van der Waals surface area contributed by atoms with Crippen molar-refractivity contribution < 1.29 is 23.5 Å². The SMILES string of the molecule is C[C@@H]1[C@@H]([Si](C)(C)F)[C@H](CC(=O)N2Cc3ccccc3C[C@H]2CO)O[C@@H]1CCc1cccc(N2C(=O)CCc3ccccc32)c1. The maximum atomic E-state index is 15.8. The molecule has 44 heavy (non-hydrogen) atoms. The minimum Gasteiger partial charge on any atom is -0.394 e. The number of nitrogens with zero attached hydrogens (tertiary/aromatic N) is 2. The van der Waals surface area contributed by atoms with E-state index in [9.17, 15) is 14.7 Å². The van der Waals surface area contributed by atoms with Crippen molar-refractivity contribution in [1.82, 2.24) is 4.90 Å². The van der Waals surface area contributed by atoms with Crippen LogP contribution < -0.4 is 4.90 Å². The van der Waals surface area contributed by atoms with Gasteiger partial charge in [0, 0.05) is 24.2 Å². The van der Waals surface area contributed by atoms with Crippen LogP contribution in [0.3, 0.4) is 0 Å². The Morgan fingerprint density at radius 2 is 1.70 bits per heavy atom. The number of fused-ring (bicyclic) bond motifs is 2. The van der Waals surface area contributed by atoms with Gasteiger partial charge in [0.05, 0.1) is 37.0 Å². The van der Waals surface area contributed by atoms with E-state index in [0.29, 0.717) is 25.8 Å². The summed E-state index contributed by atoms with van der Waals surface area (Å²) >= 11 is 0. The minimum atomic E-state index is -3.16. The predicted molar refractivity (Wildman–Crippen MR) is 173 cm³/mol. The molecule has 1 saturated heterocycles. The molecule has 0 saturated carbocycles. The molecule has 0 aromatic heterocycles. The number of para-hydroxylation sites is 1. The van der Waals surface area contributed by atoms with Crippen LogP contribution in [0.1, 0.15) is 48.4 Å². The smallest absolute Gasteiger partial charge is 0.246 e. The molecule has 3 heterocycles. The van der Waals surface area contributed by atoms with Crippen molar-refractivity contribution in [2.24, 2.45) is 5.92 Å². The van der Waals surface area contributed by atoms with Gasteiger partial charge in [-0.15, -0.1) is 0 Å². The average Bonchev–Trinajstić information content (AvgIpc) is 3.33. The lowest BCUT2D eigenvalue weighted by atomic mass is 9.93. The number of ether oxygens (including phenoxy) is 1. The molecule has 0 radical (unpaired) electrons. The van der Waals surface area contributed by atoms with Crippen LogP contribution in [0, 0.1) is 5.92 Å². The Labute approximate surface area is 261 Å². The van der Waals surface area contributed by atoms with Crippen LogP contribution >= 0.6 is 0 Å². The number of benzene rings is 3. The number of rotatable bonds is 8. The summed E-state index contributed by atoms with van der Waals surface area (Å²) in [4.78, 5) is 30.3. The van der Waals surface area contributed by atoms with E-state index in [2.05, 4.69) is 31.2 Å². The number of halogens is 1. The molecule has 3 aromatic rings. The second kappa shape index (κ2) is 12.6. The summed E-state index contributed by atoms with van der Waals surface area (Å²) in [7, 11) is -3.16. The molecule has 1 fully saturated rings. The molecule has 2 amide bonds. The third-order valence-corrected chi connectivity index (χ3v) is 12.4. The van der Waals surface area contributed by atoms with Crippen molar-refractivity contribution in [3.05, 3.63) is 95.1 Å². The van der Waals surface area contributed by atoms with Crippen molar-refractivity contribution in [2.45, 2.75) is 88.9 Å². The third-order valence-electron chi connectivity index (χ3n) is 9.93. The highest BCUT2D eigenvalue weighted by molar-refractivity contribution is 6.72. The van der Waals surface area contributed by atoms with E-state index >= 15 is 4.11 Å². The Kier molecular flexibility index (Phi) is 8.77. The predicted octanol–water partition coefficient (Wildman–Crippen LogP) is 6.51. The van der Waals surface area contributed by atoms with E-state index in [4.69, 9.17) is 4.74 Å². The Bertz CT molecular complexity index is 1520. The first-order chi connectivity index (χ1) is 21.1. The van der Waals surface area contributed by atoms with Gasteiger partial charge in [-0.1, -0.05) is 61.5 Å². The summed E-state index contributed by atoms with van der Waals surface area (Å²) in [6.07, 6.45) is 2.76. The van der Waals surface area contributed by atoms with E-state index in [1.165, 1.54) is 5.56 Å². The number of hydrogen-bond donors (Lipinski definition) is 1. The van der Waals surface area contributed by atoms with Crippen molar-refractivity contribution >= 4 is 31.6 Å². The highest BCUT2D eigenvalue weighted by Gasteiger charge is 2.52. The molecule has 5 atom stereocenters. The van der Waals surface area contributed by atoms with Crippen molar-refractivity contribution in [1.29, 1.82) is 0 Å². The number of aliphatic hydroxyl groups is 1. The van der Waals surface area contributed by atoms with Crippen LogP contribution in [-0.4, -0.2) is 55.1 Å². The normalized spacial score (nSPS) is 25.1. The summed E-state index contributed by atoms with van der Waals surface area (Å²) < 4.78 is 22.4. The van der Waals surface area contributed by atoms with E-state index < -0.39 is 14.5 Å². The van der Waals surface area contributed by atoms with Gasteiger partial charge in [0.15, 0.2) is 0 Å². The molecule has 6 rings (SSSR count). The van der Waals surface area contributed by atoms with Gasteiger partial charge in [-0.05, 0) is 85.1 Å². The van der Waals surface area contributed by atoms with E-state index in [1.54, 1.807) is 18.0 Å². The molecule has 8 heteroatoms. The highest BCUT2D eigenvalue weighted by atomic mass is 28.4. The number of carbonyl (C=O) groups is 2. The van der Waals surface area contributed by atoms with Crippen molar-refractivity contribution in [3.8, 4) is 0 Å². The minimum absolute atomic E-state index is 0.0195. The number of aliphatic hydroxyl groups excluding tert-OH is 1. The van der Waals surface area contributed by atoms with Gasteiger partial charge < -0.3 is 18.9 Å². The summed E-state index contributed by atoms with van der Waals surface area (Å²) in [6, 6.07) is 23.9. The van der Waals surface area contributed by atoms with E-state index in [1.807, 2.05) is 53.4 Å². The Hall–Kier alpha value is -3.33. The van der Waals surface area contributed by atoms with E-state index in [0.717, 1.165) is 40.9 Å². The molecule has 232 valence electrons. The maximum Gasteiger partial charge on any atom is 0.246 e. The van der Waals surface area contributed by atoms with Crippen molar-refractivity contribution in [2.75, 3.05) is 11.5 Å². The van der Waals surface area contributed by atoms with Crippen LogP contribution in [0.4, 0.5) is 15.5 Å². The molecule has 0 spiro atoms. The third kappa shape index (κ3) is 6.12. The fraction of sp³-hybridized carbons (Fsp3) is 0.444. The van der Waals surface area contributed by atoms with Gasteiger partial charge in [-0.25, -0.2) is 0 Å². The molecule has 0 aliphatic carbocycles. The second-order valence-electron chi connectivity index (χ2n) is 13.3. The van der Waals surface area contributed by atoms with Gasteiger partial charge in [0.2, 0.25) is 20.2 Å². The van der Waals surface area contributed by atoms with Crippen LogP contribution in [0.25, 0.3) is 0 Å². The number of hydrogen-bond acceptors (Lipinski definition) is 4. The van der Waals surface area contributed by atoms with Gasteiger partial charge >= 0.3 is 0 Å². The first-order valence-corrected chi connectivity index (χ1v) is 18.9. The standard InChI is InChI=1S/C36H43FN2O4Si/c1-24-32(17-15-25-9-8-13-29(19-25)39-31-14-7-6-10-26(31)16-18-34(39)41)43-33(36(24)44(2,3)37)21-35(42)38-22-28-12-5-4-11-27(28)20-30(38)23-40/h4-14,19,24,30,32-33,36,40H,15-18,20-23H2,1-3H3/t24-,30-,32+,33-,36+/m0/s1. The van der Waals surface area contributed by atoms with Gasteiger partial charge in [-0.3, -0.25) is 14.5 Å². The first kappa shape index (κ1) is 30.7. The van der Waals surface area contributed by atoms with E-state index in [-0.39, 0.29) is 48.4 Å². The molecule has 0 bridgehead atoms. The molecule has 0 unspecified atom stereocenters. The summed E-state index contributed by atoms with van der Waals surface area (Å²) in [5.74, 6) is -0.00697. The zero-order valence-electron chi connectivity index (χ0n) is 25.9. The molecule has 6 nitrogen and oxygen atoms in total. The molecule has 3 aliphatic rings. The van der Waals surface area contributed by atoms with Crippen LogP contribution in [0.2, 0.25) is 18.6 Å². The summed E-state index contributed by atoms with van der Waals surface area (Å²) in [5.41, 5.74) is 6.04. The molecule has 3 aliphatic heterocycles. The Morgan fingerprint density at radius 3 is 2.45 bits per heavy atom. The fourth-order valence-electron chi connectivity index (χ4n) is 7.78. The number of aryl methyl sites for hydroxylation is 2. The van der Waals surface area contributed by atoms with Crippen LogP contribution in [0.5, 0.6) is 0 Å². The Morgan fingerprint density at radius 1 is 0.977 bits per heavy atom. The molecular formula is C36H43FN2O4Si. The van der Waals surface area contributed by atoms with Gasteiger partial charge in [-0.2, -0.15) is 0 Å². The largest absolute Gasteiger partial charge is 0.394 e. The van der Waals surface area contributed by atoms with Crippen LogP contribution in [-0.2, 0) is 40.1 Å². The first-order valence-electron chi connectivity index (χ1n) is 16.0. The van der Waals surface area contributed by atoms with Gasteiger partial charge in [0.25, 0.3) is 0 Å². The lowest BCUT2D eigenvalue weighted by Gasteiger charge is -2.37. The zero-order chi connectivity index (χ0) is 31.0. The van der Waals surface area contributed by atoms with Gasteiger partial charge in [0.1, 0.15) is 0 Å². The highest BCUT2D eigenvalue weighted by Crippen LogP contribution is 2.47. The molecule has 3 aromatic carbocycles. The number of amides is 2. The second-order valence-corrected chi connectivity index (χ2v) is 17.1. The quantitative estimate of drug-likeness (QED) is 0.232. The Balaban J connectivity index is 1.15. The van der Waals surface area contributed by atoms with Crippen molar-refractivity contribution in [3.63, 3.8) is 0 Å². The fourth-order valence-corrected chi connectivity index (χ4v) is 10.3. The lowest BCUT2D eigenvalue weighted by molar-refractivity contribution is -0.138. The zero-order valence-corrected chi connectivity index (χ0v) is 26.9. The molecule has 1 N–H and O–H groups in total. The lowest BCUT2D eigenvalue weighted by Crippen LogP contribution is -2.48. The topological polar surface area (TPSA) is 70.1 Å². The average molecular weight is 615 g/mol. The number of carbonyl (C=O) groups excluding carboxylic acids is 2. The summed E-state index contributed by atoms with van der Waals surface area (Å²) in [5, 5.41) is 10.1. The maximum absolute atomic E-state index is 15.8. The number of anilines is 2. The molecular weight excluding hydrogens is 571 g/mol.